The highest BCUT2D eigenvalue weighted by Gasteiger charge is 2.24. The minimum atomic E-state index is -0.527. The smallest absolute Gasteiger partial charge is 0.235 e. The Labute approximate surface area is 150 Å². The Morgan fingerprint density at radius 2 is 1.96 bits per heavy atom. The van der Waals surface area contributed by atoms with Crippen LogP contribution in [-0.4, -0.2) is 20.7 Å². The van der Waals surface area contributed by atoms with Gasteiger partial charge in [0.15, 0.2) is 5.16 Å². The predicted molar refractivity (Wildman–Crippen MR) is 96.2 cm³/mol. The average Bonchev–Trinajstić information content (AvgIpc) is 3.23. The molecule has 0 fully saturated rings. The molecule has 1 unspecified atom stereocenters. The van der Waals surface area contributed by atoms with Crippen LogP contribution in [0.25, 0.3) is 0 Å². The summed E-state index contributed by atoms with van der Waals surface area (Å²) in [4.78, 5) is 12.0. The first-order chi connectivity index (χ1) is 12.1. The van der Waals surface area contributed by atoms with E-state index in [1.807, 2.05) is 47.0 Å². The third-order valence-electron chi connectivity index (χ3n) is 3.74. The van der Waals surface area contributed by atoms with Crippen molar-refractivity contribution < 1.29 is 9.21 Å². The van der Waals surface area contributed by atoms with E-state index in [-0.39, 0.29) is 5.92 Å². The van der Waals surface area contributed by atoms with Gasteiger partial charge in [0.05, 0.1) is 12.8 Å². The second-order valence-electron chi connectivity index (χ2n) is 5.97. The Kier molecular flexibility index (Phi) is 5.23. The molecule has 0 saturated carbocycles. The summed E-state index contributed by atoms with van der Waals surface area (Å²) in [5, 5.41) is 8.71. The molecule has 7 heteroatoms. The number of nitrogens with two attached hydrogens (primary N) is 1. The molecular weight excluding hydrogens is 336 g/mol. The van der Waals surface area contributed by atoms with E-state index in [1.165, 1.54) is 11.8 Å². The van der Waals surface area contributed by atoms with Crippen LogP contribution in [0.15, 0.2) is 58.3 Å². The van der Waals surface area contributed by atoms with Crippen molar-refractivity contribution in [2.45, 2.75) is 36.7 Å². The standard InChI is InChI=1S/C18H20N4O2S/c1-12(2)17-20-21-18(22(17)11-14-9-6-10-24-14)25-15(16(19)23)13-7-4-3-5-8-13/h3-10,12,15H,11H2,1-2H3,(H2,19,23). The summed E-state index contributed by atoms with van der Waals surface area (Å²) in [6, 6.07) is 13.2. The SMILES string of the molecule is CC(C)c1nnc(SC(C(N)=O)c2ccccc2)n1Cc1ccco1. The van der Waals surface area contributed by atoms with Gasteiger partial charge in [-0.25, -0.2) is 0 Å². The zero-order valence-electron chi connectivity index (χ0n) is 14.1. The molecule has 0 aliphatic carbocycles. The number of hydrogen-bond acceptors (Lipinski definition) is 5. The van der Waals surface area contributed by atoms with Crippen LogP contribution < -0.4 is 5.73 Å². The number of primary amides is 1. The number of rotatable bonds is 7. The summed E-state index contributed by atoms with van der Waals surface area (Å²) < 4.78 is 7.44. The molecule has 2 aromatic heterocycles. The molecule has 2 heterocycles. The van der Waals surface area contributed by atoms with Gasteiger partial charge in [-0.05, 0) is 17.7 Å². The topological polar surface area (TPSA) is 86.9 Å². The first-order valence-electron chi connectivity index (χ1n) is 8.02. The first kappa shape index (κ1) is 17.3. The van der Waals surface area contributed by atoms with Gasteiger partial charge < -0.3 is 10.2 Å². The maximum Gasteiger partial charge on any atom is 0.235 e. The molecule has 25 heavy (non-hydrogen) atoms. The van der Waals surface area contributed by atoms with Gasteiger partial charge in [-0.2, -0.15) is 0 Å². The van der Waals surface area contributed by atoms with Gasteiger partial charge in [0.1, 0.15) is 16.8 Å². The second kappa shape index (κ2) is 7.57. The molecule has 130 valence electrons. The third-order valence-corrected chi connectivity index (χ3v) is 4.99. The van der Waals surface area contributed by atoms with Crippen LogP contribution in [0.1, 0.15) is 42.2 Å². The van der Waals surface area contributed by atoms with Crippen molar-refractivity contribution in [1.29, 1.82) is 0 Å². The van der Waals surface area contributed by atoms with Crippen molar-refractivity contribution in [3.05, 3.63) is 65.9 Å². The number of hydrogen-bond donors (Lipinski definition) is 1. The molecule has 1 atom stereocenters. The second-order valence-corrected chi connectivity index (χ2v) is 7.04. The fourth-order valence-electron chi connectivity index (χ4n) is 2.54. The zero-order chi connectivity index (χ0) is 17.8. The minimum absolute atomic E-state index is 0.195. The number of aromatic nitrogens is 3. The van der Waals surface area contributed by atoms with Gasteiger partial charge in [-0.3, -0.25) is 9.36 Å². The maximum absolute atomic E-state index is 12.0. The van der Waals surface area contributed by atoms with Crippen LogP contribution in [0.5, 0.6) is 0 Å². The molecule has 3 aromatic rings. The van der Waals surface area contributed by atoms with Crippen LogP contribution in [0.3, 0.4) is 0 Å². The monoisotopic (exact) mass is 356 g/mol. The Bertz CT molecular complexity index is 828. The van der Waals surface area contributed by atoms with E-state index in [0.29, 0.717) is 11.7 Å². The molecule has 0 radical (unpaired) electrons. The molecule has 6 nitrogen and oxygen atoms in total. The lowest BCUT2D eigenvalue weighted by molar-refractivity contribution is -0.117. The molecule has 1 aromatic carbocycles. The Morgan fingerprint density at radius 3 is 2.56 bits per heavy atom. The molecular formula is C18H20N4O2S. The number of nitrogens with zero attached hydrogens (tertiary/aromatic N) is 3. The number of furan rings is 1. The van der Waals surface area contributed by atoms with E-state index < -0.39 is 11.2 Å². The molecule has 0 spiro atoms. The predicted octanol–water partition coefficient (Wildman–Crippen LogP) is 3.36. The van der Waals surface area contributed by atoms with Crippen molar-refractivity contribution in [3.63, 3.8) is 0 Å². The number of benzene rings is 1. The van der Waals surface area contributed by atoms with Gasteiger partial charge in [-0.15, -0.1) is 10.2 Å². The van der Waals surface area contributed by atoms with E-state index in [1.54, 1.807) is 6.26 Å². The lowest BCUT2D eigenvalue weighted by Gasteiger charge is -2.15. The average molecular weight is 356 g/mol. The van der Waals surface area contributed by atoms with Gasteiger partial charge in [0, 0.05) is 5.92 Å². The summed E-state index contributed by atoms with van der Waals surface area (Å²) in [5.74, 6) is 1.43. The van der Waals surface area contributed by atoms with Crippen LogP contribution in [0.4, 0.5) is 0 Å². The van der Waals surface area contributed by atoms with Crippen LogP contribution in [-0.2, 0) is 11.3 Å². The van der Waals surface area contributed by atoms with Gasteiger partial charge in [0.25, 0.3) is 0 Å². The molecule has 0 bridgehead atoms. The maximum atomic E-state index is 12.0. The Balaban J connectivity index is 1.94. The van der Waals surface area contributed by atoms with Gasteiger partial charge >= 0.3 is 0 Å². The van der Waals surface area contributed by atoms with Gasteiger partial charge in [-0.1, -0.05) is 55.9 Å². The number of amides is 1. The third kappa shape index (κ3) is 3.93. The molecule has 0 aliphatic rings. The highest BCUT2D eigenvalue weighted by atomic mass is 32.2. The van der Waals surface area contributed by atoms with Crippen molar-refractivity contribution in [2.75, 3.05) is 0 Å². The van der Waals surface area contributed by atoms with Crippen molar-refractivity contribution in [3.8, 4) is 0 Å². The van der Waals surface area contributed by atoms with E-state index >= 15 is 0 Å². The highest BCUT2D eigenvalue weighted by Crippen LogP contribution is 2.35. The first-order valence-corrected chi connectivity index (χ1v) is 8.90. The van der Waals surface area contributed by atoms with E-state index in [4.69, 9.17) is 10.2 Å². The molecule has 0 saturated heterocycles. The Hall–Kier alpha value is -2.54. The number of thioether (sulfide) groups is 1. The summed E-state index contributed by atoms with van der Waals surface area (Å²) >= 11 is 1.31. The molecule has 3 rings (SSSR count). The van der Waals surface area contributed by atoms with E-state index in [2.05, 4.69) is 24.0 Å². The zero-order valence-corrected chi connectivity index (χ0v) is 14.9. The summed E-state index contributed by atoms with van der Waals surface area (Å²) in [7, 11) is 0. The number of carbonyl (C=O) groups excluding carboxylic acids is 1. The largest absolute Gasteiger partial charge is 0.467 e. The normalized spacial score (nSPS) is 12.4. The lowest BCUT2D eigenvalue weighted by atomic mass is 10.1. The quantitative estimate of drug-likeness (QED) is 0.656. The lowest BCUT2D eigenvalue weighted by Crippen LogP contribution is -2.19. The highest BCUT2D eigenvalue weighted by molar-refractivity contribution is 8.00. The van der Waals surface area contributed by atoms with Crippen LogP contribution in [0.2, 0.25) is 0 Å². The van der Waals surface area contributed by atoms with Crippen molar-refractivity contribution >= 4 is 17.7 Å². The summed E-state index contributed by atoms with van der Waals surface area (Å²) in [5.41, 5.74) is 6.48. The molecule has 2 N–H and O–H groups in total. The number of carbonyl (C=O) groups is 1. The van der Waals surface area contributed by atoms with E-state index in [0.717, 1.165) is 17.1 Å². The van der Waals surface area contributed by atoms with Crippen LogP contribution >= 0.6 is 11.8 Å². The molecule has 1 amide bonds. The fourth-order valence-corrected chi connectivity index (χ4v) is 3.54. The Morgan fingerprint density at radius 1 is 1.20 bits per heavy atom. The molecule has 0 aliphatic heterocycles. The van der Waals surface area contributed by atoms with Crippen molar-refractivity contribution in [1.82, 2.24) is 14.8 Å². The summed E-state index contributed by atoms with van der Waals surface area (Å²) in [6.07, 6.45) is 1.64. The van der Waals surface area contributed by atoms with Crippen LogP contribution in [0, 0.1) is 0 Å². The van der Waals surface area contributed by atoms with Gasteiger partial charge in [0.2, 0.25) is 5.91 Å². The minimum Gasteiger partial charge on any atom is -0.467 e. The van der Waals surface area contributed by atoms with Crippen molar-refractivity contribution in [2.24, 2.45) is 5.73 Å². The fraction of sp³-hybridized carbons (Fsp3) is 0.278. The van der Waals surface area contributed by atoms with E-state index in [9.17, 15) is 4.79 Å². The summed E-state index contributed by atoms with van der Waals surface area (Å²) in [6.45, 7) is 4.62.